The quantitative estimate of drug-likeness (QED) is 0.291. The molecule has 1 atom stereocenters. The Morgan fingerprint density at radius 3 is 2.17 bits per heavy atom. The molecule has 3 aromatic rings. The Labute approximate surface area is 252 Å². The molecule has 218 valence electrons. The van der Waals surface area contributed by atoms with E-state index in [9.17, 15) is 18.0 Å². The Bertz CT molecular complexity index is 1490. The van der Waals surface area contributed by atoms with Crippen LogP contribution in [0.2, 0.25) is 10.0 Å². The zero-order valence-electron chi connectivity index (χ0n) is 23.4. The third-order valence-corrected chi connectivity index (χ3v) is 9.84. The number of carbonyl (C=O) groups is 2. The fraction of sp³-hybridized carbons (Fsp3) is 0.355. The van der Waals surface area contributed by atoms with E-state index in [2.05, 4.69) is 5.32 Å². The first-order valence-electron chi connectivity index (χ1n) is 13.7. The van der Waals surface area contributed by atoms with Gasteiger partial charge in [0.05, 0.1) is 20.6 Å². The van der Waals surface area contributed by atoms with E-state index in [0.717, 1.165) is 41.1 Å². The van der Waals surface area contributed by atoms with Gasteiger partial charge >= 0.3 is 0 Å². The molecule has 10 heteroatoms. The predicted molar refractivity (Wildman–Crippen MR) is 164 cm³/mol. The summed E-state index contributed by atoms with van der Waals surface area (Å²) in [5.74, 6) is -0.807. The highest BCUT2D eigenvalue weighted by Gasteiger charge is 2.33. The van der Waals surface area contributed by atoms with Crippen LogP contribution in [-0.2, 0) is 26.2 Å². The highest BCUT2D eigenvalue weighted by atomic mass is 35.5. The largest absolute Gasteiger partial charge is 0.352 e. The van der Waals surface area contributed by atoms with Crippen molar-refractivity contribution in [2.24, 2.45) is 0 Å². The van der Waals surface area contributed by atoms with Crippen molar-refractivity contribution in [1.29, 1.82) is 0 Å². The van der Waals surface area contributed by atoms with E-state index in [0.29, 0.717) is 21.3 Å². The molecule has 1 aliphatic carbocycles. The maximum Gasteiger partial charge on any atom is 0.264 e. The third kappa shape index (κ3) is 7.61. The van der Waals surface area contributed by atoms with E-state index in [1.807, 2.05) is 19.9 Å². The van der Waals surface area contributed by atoms with Gasteiger partial charge in [0.1, 0.15) is 12.6 Å². The Balaban J connectivity index is 1.71. The Hall–Kier alpha value is -3.07. The van der Waals surface area contributed by atoms with Gasteiger partial charge in [-0.15, -0.1) is 0 Å². The first-order valence-corrected chi connectivity index (χ1v) is 15.8. The molecular formula is C31H35Cl2N3O4S. The number of carbonyl (C=O) groups excluding carboxylic acids is 2. The highest BCUT2D eigenvalue weighted by Crippen LogP contribution is 2.28. The number of halogens is 2. The molecule has 3 aromatic carbocycles. The maximum atomic E-state index is 14.1. The number of hydrogen-bond acceptors (Lipinski definition) is 4. The molecule has 1 N–H and O–H groups in total. The number of benzene rings is 3. The summed E-state index contributed by atoms with van der Waals surface area (Å²) in [6, 6.07) is 17.6. The molecule has 1 saturated carbocycles. The van der Waals surface area contributed by atoms with Crippen molar-refractivity contribution in [1.82, 2.24) is 10.2 Å². The minimum atomic E-state index is -4.12. The second-order valence-corrected chi connectivity index (χ2v) is 13.3. The summed E-state index contributed by atoms with van der Waals surface area (Å²) in [6.45, 7) is 4.95. The van der Waals surface area contributed by atoms with Gasteiger partial charge in [0.2, 0.25) is 11.8 Å². The zero-order valence-corrected chi connectivity index (χ0v) is 25.8. The van der Waals surface area contributed by atoms with Crippen LogP contribution in [-0.4, -0.2) is 43.8 Å². The molecule has 7 nitrogen and oxygen atoms in total. The van der Waals surface area contributed by atoms with Crippen LogP contribution in [0.4, 0.5) is 5.69 Å². The first kappa shape index (κ1) is 30.9. The highest BCUT2D eigenvalue weighted by molar-refractivity contribution is 7.92. The number of sulfonamides is 1. The molecule has 2 amide bonds. The van der Waals surface area contributed by atoms with Crippen LogP contribution in [0.3, 0.4) is 0 Å². The Kier molecular flexibility index (Phi) is 10.00. The number of anilines is 1. The average molecular weight is 617 g/mol. The Morgan fingerprint density at radius 2 is 1.56 bits per heavy atom. The van der Waals surface area contributed by atoms with Crippen molar-refractivity contribution in [3.05, 3.63) is 93.5 Å². The lowest BCUT2D eigenvalue weighted by atomic mass is 10.1. The number of amides is 2. The summed E-state index contributed by atoms with van der Waals surface area (Å²) in [7, 11) is -4.12. The number of nitrogens with one attached hydrogen (secondary N) is 1. The van der Waals surface area contributed by atoms with Crippen LogP contribution in [0, 0.1) is 13.8 Å². The second kappa shape index (κ2) is 13.3. The summed E-state index contributed by atoms with van der Waals surface area (Å²) < 4.78 is 29.0. The first-order chi connectivity index (χ1) is 19.5. The van der Waals surface area contributed by atoms with Gasteiger partial charge in [0, 0.05) is 12.6 Å². The van der Waals surface area contributed by atoms with E-state index in [1.54, 1.807) is 55.5 Å². The van der Waals surface area contributed by atoms with Crippen molar-refractivity contribution in [3.8, 4) is 0 Å². The van der Waals surface area contributed by atoms with Gasteiger partial charge in [0.25, 0.3) is 10.0 Å². The smallest absolute Gasteiger partial charge is 0.264 e. The van der Waals surface area contributed by atoms with Crippen LogP contribution in [0.1, 0.15) is 49.3 Å². The predicted octanol–water partition coefficient (Wildman–Crippen LogP) is 6.28. The SMILES string of the molecule is Cc1cc(C)cc(N(CC(=O)N(Cc2ccc(Cl)c(Cl)c2)C(C)C(=O)NC2CCCC2)S(=O)(=O)c2ccccc2)c1. The minimum Gasteiger partial charge on any atom is -0.352 e. The van der Waals surface area contributed by atoms with Crippen molar-refractivity contribution < 1.29 is 18.0 Å². The topological polar surface area (TPSA) is 86.8 Å². The molecule has 0 aliphatic heterocycles. The van der Waals surface area contributed by atoms with Crippen molar-refractivity contribution in [3.63, 3.8) is 0 Å². The lowest BCUT2D eigenvalue weighted by Gasteiger charge is -2.32. The fourth-order valence-corrected chi connectivity index (χ4v) is 6.89. The molecule has 1 unspecified atom stereocenters. The Morgan fingerprint density at radius 1 is 0.927 bits per heavy atom. The zero-order chi connectivity index (χ0) is 29.7. The summed E-state index contributed by atoms with van der Waals surface area (Å²) >= 11 is 12.4. The van der Waals surface area contributed by atoms with Gasteiger partial charge in [-0.25, -0.2) is 8.42 Å². The monoisotopic (exact) mass is 615 g/mol. The van der Waals surface area contributed by atoms with Gasteiger partial charge in [-0.1, -0.05) is 66.4 Å². The number of nitrogens with zero attached hydrogens (tertiary/aromatic N) is 2. The van der Waals surface area contributed by atoms with Crippen molar-refractivity contribution >= 4 is 50.7 Å². The summed E-state index contributed by atoms with van der Waals surface area (Å²) in [6.07, 6.45) is 3.89. The molecule has 41 heavy (non-hydrogen) atoms. The molecule has 0 spiro atoms. The number of hydrogen-bond donors (Lipinski definition) is 1. The number of aryl methyl sites for hydroxylation is 2. The van der Waals surface area contributed by atoms with E-state index in [1.165, 1.54) is 17.0 Å². The van der Waals surface area contributed by atoms with Gasteiger partial charge in [0.15, 0.2) is 0 Å². The van der Waals surface area contributed by atoms with Crippen LogP contribution in [0.25, 0.3) is 0 Å². The van der Waals surface area contributed by atoms with E-state index in [-0.39, 0.29) is 23.4 Å². The van der Waals surface area contributed by atoms with Crippen LogP contribution < -0.4 is 9.62 Å². The van der Waals surface area contributed by atoms with Gasteiger partial charge < -0.3 is 10.2 Å². The van der Waals surface area contributed by atoms with E-state index >= 15 is 0 Å². The lowest BCUT2D eigenvalue weighted by molar-refractivity contribution is -0.139. The molecule has 0 aromatic heterocycles. The summed E-state index contributed by atoms with van der Waals surface area (Å²) in [4.78, 5) is 28.9. The molecule has 0 saturated heterocycles. The second-order valence-electron chi connectivity index (χ2n) is 10.6. The molecule has 4 rings (SSSR count). The molecule has 0 radical (unpaired) electrons. The maximum absolute atomic E-state index is 14.1. The van der Waals surface area contributed by atoms with Crippen LogP contribution in [0.15, 0.2) is 71.6 Å². The normalized spacial score (nSPS) is 14.5. The van der Waals surface area contributed by atoms with Gasteiger partial charge in [-0.3, -0.25) is 13.9 Å². The standard InChI is InChI=1S/C31H35Cl2N3O4S/c1-21-15-22(2)17-26(16-21)36(41(39,40)27-11-5-4-6-12-27)20-30(37)35(19-24-13-14-28(32)29(33)18-24)23(3)31(38)34-25-9-7-8-10-25/h4-6,11-18,23,25H,7-10,19-20H2,1-3H3,(H,34,38). The average Bonchev–Trinajstić information content (AvgIpc) is 3.44. The minimum absolute atomic E-state index is 0.0427. The van der Waals surface area contributed by atoms with E-state index in [4.69, 9.17) is 23.2 Å². The molecule has 1 fully saturated rings. The molecule has 0 heterocycles. The summed E-state index contributed by atoms with van der Waals surface area (Å²) in [5, 5.41) is 3.76. The van der Waals surface area contributed by atoms with Crippen molar-refractivity contribution in [2.45, 2.75) is 70.0 Å². The van der Waals surface area contributed by atoms with Crippen LogP contribution >= 0.6 is 23.2 Å². The molecular weight excluding hydrogens is 581 g/mol. The van der Waals surface area contributed by atoms with E-state index < -0.39 is 28.5 Å². The van der Waals surface area contributed by atoms with Crippen molar-refractivity contribution in [2.75, 3.05) is 10.8 Å². The third-order valence-electron chi connectivity index (χ3n) is 7.31. The lowest BCUT2D eigenvalue weighted by Crippen LogP contribution is -2.52. The van der Waals surface area contributed by atoms with Crippen LogP contribution in [0.5, 0.6) is 0 Å². The number of rotatable bonds is 10. The van der Waals surface area contributed by atoms with Gasteiger partial charge in [-0.2, -0.15) is 0 Å². The molecule has 0 bridgehead atoms. The summed E-state index contributed by atoms with van der Waals surface area (Å²) in [5.41, 5.74) is 2.75. The van der Waals surface area contributed by atoms with Gasteiger partial charge in [-0.05, 0) is 86.7 Å². The molecule has 1 aliphatic rings. The fourth-order valence-electron chi connectivity index (χ4n) is 5.15.